The first-order chi connectivity index (χ1) is 9.72. The summed E-state index contributed by atoms with van der Waals surface area (Å²) in [5.74, 6) is 1.21. The van der Waals surface area contributed by atoms with Crippen LogP contribution in [0.5, 0.6) is 11.5 Å². The molecule has 0 saturated carbocycles. The SMILES string of the molecule is CCCOc1ccc(CN[C@@H]2C=C[C@H](CO)C2)c(O)c1. The van der Waals surface area contributed by atoms with Gasteiger partial charge in [0.05, 0.1) is 6.61 Å². The van der Waals surface area contributed by atoms with Gasteiger partial charge in [-0.2, -0.15) is 0 Å². The van der Waals surface area contributed by atoms with Gasteiger partial charge in [-0.15, -0.1) is 0 Å². The van der Waals surface area contributed by atoms with Crippen molar-refractivity contribution in [3.8, 4) is 11.5 Å². The minimum atomic E-state index is 0.198. The van der Waals surface area contributed by atoms with E-state index in [1.807, 2.05) is 25.1 Å². The number of benzene rings is 1. The standard InChI is InChI=1S/C16H23NO3/c1-2-7-20-15-6-4-13(16(19)9-15)10-17-14-5-3-12(8-14)11-18/h3-6,9,12,14,17-19H,2,7-8,10-11H2,1H3/t12-,14+/m0/s1. The van der Waals surface area contributed by atoms with E-state index in [1.165, 1.54) is 0 Å². The molecule has 3 N–H and O–H groups in total. The second-order valence-electron chi connectivity index (χ2n) is 5.19. The molecule has 0 amide bonds. The number of nitrogens with one attached hydrogen (secondary N) is 1. The lowest BCUT2D eigenvalue weighted by molar-refractivity contribution is 0.246. The molecule has 1 aliphatic rings. The maximum absolute atomic E-state index is 9.98. The normalized spacial score (nSPS) is 21.3. The summed E-state index contributed by atoms with van der Waals surface area (Å²) >= 11 is 0. The maximum Gasteiger partial charge on any atom is 0.123 e. The van der Waals surface area contributed by atoms with E-state index in [0.29, 0.717) is 18.9 Å². The molecule has 4 heteroatoms. The molecule has 0 radical (unpaired) electrons. The number of rotatable bonds is 7. The number of hydrogen-bond donors (Lipinski definition) is 3. The third-order valence-corrected chi connectivity index (χ3v) is 3.49. The zero-order valence-corrected chi connectivity index (χ0v) is 11.9. The summed E-state index contributed by atoms with van der Waals surface area (Å²) < 4.78 is 5.48. The van der Waals surface area contributed by atoms with Crippen LogP contribution in [0, 0.1) is 5.92 Å². The minimum Gasteiger partial charge on any atom is -0.507 e. The van der Waals surface area contributed by atoms with Gasteiger partial charge in [0.25, 0.3) is 0 Å². The number of aliphatic hydroxyl groups excluding tert-OH is 1. The third-order valence-electron chi connectivity index (χ3n) is 3.49. The van der Waals surface area contributed by atoms with Gasteiger partial charge < -0.3 is 20.3 Å². The fourth-order valence-corrected chi connectivity index (χ4v) is 2.31. The average molecular weight is 277 g/mol. The molecule has 1 aliphatic carbocycles. The number of phenolic OH excluding ortho intramolecular Hbond substituents is 1. The summed E-state index contributed by atoms with van der Waals surface area (Å²) in [6, 6.07) is 5.69. The fourth-order valence-electron chi connectivity index (χ4n) is 2.31. The van der Waals surface area contributed by atoms with Gasteiger partial charge in [0, 0.05) is 36.7 Å². The molecule has 0 spiro atoms. The Morgan fingerprint density at radius 1 is 1.35 bits per heavy atom. The summed E-state index contributed by atoms with van der Waals surface area (Å²) in [6.45, 7) is 3.51. The van der Waals surface area contributed by atoms with E-state index >= 15 is 0 Å². The quantitative estimate of drug-likeness (QED) is 0.669. The molecule has 0 heterocycles. The van der Waals surface area contributed by atoms with Crippen molar-refractivity contribution in [3.63, 3.8) is 0 Å². The Bertz CT molecular complexity index is 459. The predicted octanol–water partition coefficient (Wildman–Crippen LogP) is 2.21. The second kappa shape index (κ2) is 7.31. The Labute approximate surface area is 120 Å². The van der Waals surface area contributed by atoms with Crippen molar-refractivity contribution >= 4 is 0 Å². The lowest BCUT2D eigenvalue weighted by Gasteiger charge is -2.14. The highest BCUT2D eigenvalue weighted by molar-refractivity contribution is 5.39. The highest BCUT2D eigenvalue weighted by atomic mass is 16.5. The predicted molar refractivity (Wildman–Crippen MR) is 78.9 cm³/mol. The molecule has 20 heavy (non-hydrogen) atoms. The topological polar surface area (TPSA) is 61.7 Å². The van der Waals surface area contributed by atoms with Crippen LogP contribution in [-0.2, 0) is 6.54 Å². The van der Waals surface area contributed by atoms with Gasteiger partial charge in [0.15, 0.2) is 0 Å². The second-order valence-corrected chi connectivity index (χ2v) is 5.19. The third kappa shape index (κ3) is 3.99. The van der Waals surface area contributed by atoms with Gasteiger partial charge in [0.2, 0.25) is 0 Å². The van der Waals surface area contributed by atoms with Gasteiger partial charge in [-0.25, -0.2) is 0 Å². The first kappa shape index (κ1) is 14.9. The van der Waals surface area contributed by atoms with E-state index in [2.05, 4.69) is 11.4 Å². The van der Waals surface area contributed by atoms with Gasteiger partial charge in [-0.3, -0.25) is 0 Å². The summed E-state index contributed by atoms with van der Waals surface area (Å²) in [7, 11) is 0. The molecule has 1 aromatic rings. The Balaban J connectivity index is 1.85. The first-order valence-electron chi connectivity index (χ1n) is 7.20. The Kier molecular flexibility index (Phi) is 5.44. The van der Waals surface area contributed by atoms with Crippen LogP contribution in [0.25, 0.3) is 0 Å². The minimum absolute atomic E-state index is 0.198. The lowest BCUT2D eigenvalue weighted by Crippen LogP contribution is -2.26. The summed E-state index contributed by atoms with van der Waals surface area (Å²) in [5, 5.41) is 22.4. The number of ether oxygens (including phenoxy) is 1. The molecule has 1 aromatic carbocycles. The van der Waals surface area contributed by atoms with E-state index in [1.54, 1.807) is 6.07 Å². The summed E-state index contributed by atoms with van der Waals surface area (Å²) in [6.07, 6.45) is 5.98. The van der Waals surface area contributed by atoms with E-state index < -0.39 is 0 Å². The zero-order chi connectivity index (χ0) is 14.4. The van der Waals surface area contributed by atoms with Crippen LogP contribution in [0.4, 0.5) is 0 Å². The van der Waals surface area contributed by atoms with Crippen molar-refractivity contribution < 1.29 is 14.9 Å². The molecule has 0 bridgehead atoms. The fraction of sp³-hybridized carbons (Fsp3) is 0.500. The number of aromatic hydroxyl groups is 1. The molecule has 0 unspecified atom stereocenters. The van der Waals surface area contributed by atoms with Crippen molar-refractivity contribution in [1.82, 2.24) is 5.32 Å². The molecule has 4 nitrogen and oxygen atoms in total. The van der Waals surface area contributed by atoms with Crippen molar-refractivity contribution in [2.75, 3.05) is 13.2 Å². The number of aliphatic hydroxyl groups is 1. The van der Waals surface area contributed by atoms with Crippen molar-refractivity contribution in [2.24, 2.45) is 5.92 Å². The first-order valence-corrected chi connectivity index (χ1v) is 7.20. The summed E-state index contributed by atoms with van der Waals surface area (Å²) in [5.41, 5.74) is 0.856. The van der Waals surface area contributed by atoms with Crippen LogP contribution in [0.15, 0.2) is 30.4 Å². The largest absolute Gasteiger partial charge is 0.507 e. The van der Waals surface area contributed by atoms with Crippen LogP contribution in [-0.4, -0.2) is 29.5 Å². The number of hydrogen-bond acceptors (Lipinski definition) is 4. The van der Waals surface area contributed by atoms with Gasteiger partial charge in [0.1, 0.15) is 11.5 Å². The van der Waals surface area contributed by atoms with Crippen molar-refractivity contribution in [2.45, 2.75) is 32.4 Å². The van der Waals surface area contributed by atoms with Crippen molar-refractivity contribution in [1.29, 1.82) is 0 Å². The Hall–Kier alpha value is -1.52. The van der Waals surface area contributed by atoms with Crippen LogP contribution in [0.1, 0.15) is 25.3 Å². The molecule has 0 aromatic heterocycles. The molecule has 2 atom stereocenters. The molecule has 2 rings (SSSR count). The van der Waals surface area contributed by atoms with E-state index in [9.17, 15) is 5.11 Å². The molecule has 0 fully saturated rings. The Morgan fingerprint density at radius 3 is 2.85 bits per heavy atom. The molecule has 0 aliphatic heterocycles. The van der Waals surface area contributed by atoms with Crippen molar-refractivity contribution in [3.05, 3.63) is 35.9 Å². The Morgan fingerprint density at radius 2 is 2.20 bits per heavy atom. The number of phenols is 1. The molecule has 110 valence electrons. The van der Waals surface area contributed by atoms with Crippen LogP contribution in [0.3, 0.4) is 0 Å². The van der Waals surface area contributed by atoms with E-state index in [4.69, 9.17) is 9.84 Å². The summed E-state index contributed by atoms with van der Waals surface area (Å²) in [4.78, 5) is 0. The van der Waals surface area contributed by atoms with E-state index in [-0.39, 0.29) is 24.3 Å². The molecular formula is C16H23NO3. The highest BCUT2D eigenvalue weighted by Gasteiger charge is 2.17. The van der Waals surface area contributed by atoms with Crippen LogP contribution in [0.2, 0.25) is 0 Å². The zero-order valence-electron chi connectivity index (χ0n) is 11.9. The van der Waals surface area contributed by atoms with Crippen LogP contribution < -0.4 is 10.1 Å². The molecule has 0 saturated heterocycles. The van der Waals surface area contributed by atoms with Crippen LogP contribution >= 0.6 is 0 Å². The average Bonchev–Trinajstić information content (AvgIpc) is 2.92. The monoisotopic (exact) mass is 277 g/mol. The van der Waals surface area contributed by atoms with E-state index in [0.717, 1.165) is 18.4 Å². The highest BCUT2D eigenvalue weighted by Crippen LogP contribution is 2.24. The lowest BCUT2D eigenvalue weighted by atomic mass is 10.1. The van der Waals surface area contributed by atoms with Gasteiger partial charge in [-0.05, 0) is 18.9 Å². The van der Waals surface area contributed by atoms with Gasteiger partial charge >= 0.3 is 0 Å². The maximum atomic E-state index is 9.98. The molecular weight excluding hydrogens is 254 g/mol. The smallest absolute Gasteiger partial charge is 0.123 e. The van der Waals surface area contributed by atoms with Gasteiger partial charge in [-0.1, -0.05) is 25.1 Å².